The lowest BCUT2D eigenvalue weighted by atomic mass is 9.87. The van der Waals surface area contributed by atoms with E-state index in [1.807, 2.05) is 42.6 Å². The highest BCUT2D eigenvalue weighted by atomic mass is 32.2. The predicted octanol–water partition coefficient (Wildman–Crippen LogP) is 4.18. The van der Waals surface area contributed by atoms with E-state index >= 15 is 0 Å². The van der Waals surface area contributed by atoms with Crippen LogP contribution < -0.4 is 5.32 Å². The molecule has 3 N–H and O–H groups in total. The van der Waals surface area contributed by atoms with Gasteiger partial charge >= 0.3 is 0 Å². The maximum atomic E-state index is 12.7. The average Bonchev–Trinajstić information content (AvgIpc) is 3.13. The summed E-state index contributed by atoms with van der Waals surface area (Å²) < 4.78 is 21.0. The van der Waals surface area contributed by atoms with Crippen LogP contribution in [0.4, 0.5) is 5.82 Å². The highest BCUT2D eigenvalue weighted by Crippen LogP contribution is 2.29. The third-order valence-electron chi connectivity index (χ3n) is 5.29. The summed E-state index contributed by atoms with van der Waals surface area (Å²) in [4.78, 5) is 11.7. The van der Waals surface area contributed by atoms with Crippen LogP contribution in [0.1, 0.15) is 31.2 Å². The van der Waals surface area contributed by atoms with Crippen molar-refractivity contribution in [1.29, 1.82) is 4.78 Å². The largest absolute Gasteiger partial charge is 0.367 e. The van der Waals surface area contributed by atoms with E-state index in [0.717, 1.165) is 48.1 Å². The van der Waals surface area contributed by atoms with Gasteiger partial charge in [0.15, 0.2) is 0 Å². The van der Waals surface area contributed by atoms with Crippen LogP contribution in [0.15, 0.2) is 48.9 Å². The molecule has 0 spiro atoms. The molecule has 0 amide bonds. The molecule has 2 aromatic heterocycles. The molecule has 1 saturated carbocycles. The zero-order chi connectivity index (χ0) is 18.7. The summed E-state index contributed by atoms with van der Waals surface area (Å²) in [6.45, 7) is 0. The number of rotatable bonds is 6. The minimum Gasteiger partial charge on any atom is -0.367 e. The fourth-order valence-corrected chi connectivity index (χ4v) is 5.88. The molecule has 1 aromatic carbocycles. The summed E-state index contributed by atoms with van der Waals surface area (Å²) in [5.74, 6) is 2.11. The predicted molar refractivity (Wildman–Crippen MR) is 109 cm³/mol. The molecule has 0 saturated heterocycles. The standard InChI is InChI=1S/C20H25N5OS/c21-27(26,12-15-4-2-1-3-5-15)13-16-6-8-17(9-7-16)25-20-18-10-11-22-19(18)23-14-24-20/h1-5,10-11,14,16-17,21H,6-9,12-13H2,(H2,22,23,24,25)/t16-,17-,27?. The number of anilines is 1. The van der Waals surface area contributed by atoms with Crippen LogP contribution >= 0.6 is 0 Å². The van der Waals surface area contributed by atoms with Crippen LogP contribution in [0.25, 0.3) is 11.0 Å². The Labute approximate surface area is 159 Å². The lowest BCUT2D eigenvalue weighted by Gasteiger charge is -2.30. The van der Waals surface area contributed by atoms with Crippen molar-refractivity contribution in [1.82, 2.24) is 15.0 Å². The molecule has 1 fully saturated rings. The van der Waals surface area contributed by atoms with Crippen molar-refractivity contribution in [3.63, 3.8) is 0 Å². The Morgan fingerprint density at radius 1 is 1.11 bits per heavy atom. The minimum atomic E-state index is -2.58. The van der Waals surface area contributed by atoms with Crippen molar-refractivity contribution in [2.45, 2.75) is 37.5 Å². The van der Waals surface area contributed by atoms with Gasteiger partial charge in [0.1, 0.15) is 17.8 Å². The molecule has 6 nitrogen and oxygen atoms in total. The van der Waals surface area contributed by atoms with Crippen molar-refractivity contribution in [2.75, 3.05) is 11.1 Å². The summed E-state index contributed by atoms with van der Waals surface area (Å²) >= 11 is 0. The molecule has 4 rings (SSSR count). The van der Waals surface area contributed by atoms with E-state index in [-0.39, 0.29) is 0 Å². The Hall–Kier alpha value is -2.41. The number of fused-ring (bicyclic) bond motifs is 1. The first-order valence-electron chi connectivity index (χ1n) is 9.42. The zero-order valence-electron chi connectivity index (χ0n) is 15.2. The summed E-state index contributed by atoms with van der Waals surface area (Å²) in [5, 5.41) is 4.55. The van der Waals surface area contributed by atoms with E-state index in [2.05, 4.69) is 20.3 Å². The monoisotopic (exact) mass is 383 g/mol. The van der Waals surface area contributed by atoms with E-state index in [9.17, 15) is 4.21 Å². The summed E-state index contributed by atoms with van der Waals surface area (Å²) in [7, 11) is -2.58. The number of aromatic nitrogens is 3. The van der Waals surface area contributed by atoms with Crippen molar-refractivity contribution in [2.24, 2.45) is 5.92 Å². The van der Waals surface area contributed by atoms with E-state index < -0.39 is 9.73 Å². The maximum absolute atomic E-state index is 12.7. The topological polar surface area (TPSA) is 94.5 Å². The first-order valence-corrected chi connectivity index (χ1v) is 11.3. The van der Waals surface area contributed by atoms with Crippen LogP contribution in [0.5, 0.6) is 0 Å². The number of hydrogen-bond acceptors (Lipinski definition) is 5. The number of nitrogens with one attached hydrogen (secondary N) is 3. The first-order chi connectivity index (χ1) is 13.1. The second-order valence-electron chi connectivity index (χ2n) is 7.43. The van der Waals surface area contributed by atoms with Crippen molar-refractivity contribution in [3.05, 3.63) is 54.5 Å². The average molecular weight is 384 g/mol. The SMILES string of the molecule is N=S(=O)(Cc1ccccc1)C[C@H]1CC[C@H](Nc2ncnc3[nH]ccc23)CC1. The minimum absolute atomic E-state index is 0.360. The van der Waals surface area contributed by atoms with Gasteiger partial charge in [-0.1, -0.05) is 30.3 Å². The quantitative estimate of drug-likeness (QED) is 0.595. The first kappa shape index (κ1) is 18.0. The van der Waals surface area contributed by atoms with Gasteiger partial charge in [0, 0.05) is 27.7 Å². The molecular weight excluding hydrogens is 358 g/mol. The molecule has 7 heteroatoms. The van der Waals surface area contributed by atoms with Gasteiger partial charge in [-0.25, -0.2) is 14.2 Å². The fourth-order valence-electron chi connectivity index (χ4n) is 3.94. The summed E-state index contributed by atoms with van der Waals surface area (Å²) in [6, 6.07) is 12.1. The van der Waals surface area contributed by atoms with Crippen LogP contribution in [0.2, 0.25) is 0 Å². The maximum Gasteiger partial charge on any atom is 0.142 e. The van der Waals surface area contributed by atoms with E-state index in [1.54, 1.807) is 6.33 Å². The van der Waals surface area contributed by atoms with Crippen LogP contribution in [-0.2, 0) is 15.5 Å². The van der Waals surface area contributed by atoms with Gasteiger partial charge in [0.05, 0.1) is 11.1 Å². The van der Waals surface area contributed by atoms with Gasteiger partial charge in [-0.15, -0.1) is 0 Å². The molecule has 1 aliphatic rings. The van der Waals surface area contributed by atoms with Gasteiger partial charge in [0.2, 0.25) is 0 Å². The highest BCUT2D eigenvalue weighted by Gasteiger charge is 2.25. The molecular formula is C20H25N5OS. The lowest BCUT2D eigenvalue weighted by molar-refractivity contribution is 0.363. The molecule has 142 valence electrons. The number of nitrogens with zero attached hydrogens (tertiary/aromatic N) is 2. The summed E-state index contributed by atoms with van der Waals surface area (Å²) in [5.41, 5.74) is 1.84. The Kier molecular flexibility index (Phi) is 5.11. The van der Waals surface area contributed by atoms with Crippen molar-refractivity contribution < 1.29 is 4.21 Å². The molecule has 0 bridgehead atoms. The zero-order valence-corrected chi connectivity index (χ0v) is 16.0. The van der Waals surface area contributed by atoms with Gasteiger partial charge in [-0.3, -0.25) is 4.78 Å². The van der Waals surface area contributed by atoms with Crippen LogP contribution in [-0.4, -0.2) is 31.0 Å². The van der Waals surface area contributed by atoms with E-state index in [1.165, 1.54) is 0 Å². The van der Waals surface area contributed by atoms with Gasteiger partial charge < -0.3 is 10.3 Å². The van der Waals surface area contributed by atoms with E-state index in [0.29, 0.717) is 23.5 Å². The van der Waals surface area contributed by atoms with Crippen LogP contribution in [0, 0.1) is 10.7 Å². The number of hydrogen-bond donors (Lipinski definition) is 3. The number of benzene rings is 1. The molecule has 27 heavy (non-hydrogen) atoms. The van der Waals surface area contributed by atoms with Crippen LogP contribution in [0.3, 0.4) is 0 Å². The lowest BCUT2D eigenvalue weighted by Crippen LogP contribution is -2.29. The third-order valence-corrected chi connectivity index (χ3v) is 7.10. The van der Waals surface area contributed by atoms with Gasteiger partial charge in [-0.2, -0.15) is 0 Å². The molecule has 0 radical (unpaired) electrons. The Morgan fingerprint density at radius 3 is 2.67 bits per heavy atom. The molecule has 1 atom stereocenters. The Balaban J connectivity index is 1.32. The molecule has 3 aromatic rings. The summed E-state index contributed by atoms with van der Waals surface area (Å²) in [6.07, 6.45) is 7.49. The number of H-pyrrole nitrogens is 1. The smallest absolute Gasteiger partial charge is 0.142 e. The second kappa shape index (κ2) is 7.68. The second-order valence-corrected chi connectivity index (χ2v) is 9.68. The Morgan fingerprint density at radius 2 is 1.89 bits per heavy atom. The molecule has 1 unspecified atom stereocenters. The Bertz CT molecular complexity index is 991. The van der Waals surface area contributed by atoms with Crippen molar-refractivity contribution >= 4 is 26.6 Å². The van der Waals surface area contributed by atoms with E-state index in [4.69, 9.17) is 4.78 Å². The van der Waals surface area contributed by atoms with Gasteiger partial charge in [-0.05, 0) is 43.2 Å². The molecule has 1 aliphatic carbocycles. The fraction of sp³-hybridized carbons (Fsp3) is 0.400. The molecule has 0 aliphatic heterocycles. The van der Waals surface area contributed by atoms with Crippen molar-refractivity contribution in [3.8, 4) is 0 Å². The normalized spacial score (nSPS) is 22.4. The van der Waals surface area contributed by atoms with Gasteiger partial charge in [0.25, 0.3) is 0 Å². The number of aromatic amines is 1. The third kappa shape index (κ3) is 4.47. The highest BCUT2D eigenvalue weighted by molar-refractivity contribution is 7.91. The molecule has 2 heterocycles.